The molecule has 9 heteroatoms. The average molecular weight is 473 g/mol. The van der Waals surface area contributed by atoms with Crippen molar-refractivity contribution in [1.82, 2.24) is 9.80 Å². The van der Waals surface area contributed by atoms with Crippen molar-refractivity contribution in [1.29, 1.82) is 0 Å². The first-order valence-electron chi connectivity index (χ1n) is 10.9. The van der Waals surface area contributed by atoms with Crippen LogP contribution in [-0.4, -0.2) is 73.6 Å². The summed E-state index contributed by atoms with van der Waals surface area (Å²) >= 11 is 0. The molecule has 2 atom stereocenters. The standard InChI is InChI=1S/C25H29FN2O6/c1-16-13-28(17(2)12-27(16)14-18-5-7-21(26)8-6-18)23(29)15-34-22-10-19(24(30)32-3)9-20(11-22)25(31)33-4/h5-11,16-17H,12-15H2,1-4H3. The van der Waals surface area contributed by atoms with Crippen LogP contribution in [0, 0.1) is 5.82 Å². The van der Waals surface area contributed by atoms with Crippen LogP contribution < -0.4 is 4.74 Å². The maximum absolute atomic E-state index is 13.2. The Morgan fingerprint density at radius 1 is 0.912 bits per heavy atom. The van der Waals surface area contributed by atoms with Crippen molar-refractivity contribution in [2.45, 2.75) is 32.5 Å². The number of rotatable bonds is 7. The summed E-state index contributed by atoms with van der Waals surface area (Å²) in [6.07, 6.45) is 0. The smallest absolute Gasteiger partial charge is 0.338 e. The minimum absolute atomic E-state index is 0.0558. The van der Waals surface area contributed by atoms with E-state index in [4.69, 9.17) is 14.2 Å². The molecule has 0 aromatic heterocycles. The van der Waals surface area contributed by atoms with Crippen molar-refractivity contribution in [3.63, 3.8) is 0 Å². The summed E-state index contributed by atoms with van der Waals surface area (Å²) in [6, 6.07) is 10.6. The van der Waals surface area contributed by atoms with E-state index in [-0.39, 0.29) is 47.3 Å². The summed E-state index contributed by atoms with van der Waals surface area (Å²) in [5, 5.41) is 0. The molecule has 1 saturated heterocycles. The Labute approximate surface area is 198 Å². The van der Waals surface area contributed by atoms with Crippen molar-refractivity contribution < 1.29 is 33.0 Å². The molecule has 0 saturated carbocycles. The van der Waals surface area contributed by atoms with Crippen molar-refractivity contribution >= 4 is 17.8 Å². The highest BCUT2D eigenvalue weighted by atomic mass is 19.1. The predicted molar refractivity (Wildman–Crippen MR) is 122 cm³/mol. The molecule has 1 heterocycles. The molecule has 1 amide bonds. The summed E-state index contributed by atoms with van der Waals surface area (Å²) in [5.41, 5.74) is 1.24. The van der Waals surface area contributed by atoms with Gasteiger partial charge in [-0.2, -0.15) is 0 Å². The molecule has 2 aromatic carbocycles. The van der Waals surface area contributed by atoms with Gasteiger partial charge in [0.2, 0.25) is 0 Å². The van der Waals surface area contributed by atoms with Gasteiger partial charge in [-0.15, -0.1) is 0 Å². The quantitative estimate of drug-likeness (QED) is 0.573. The monoisotopic (exact) mass is 472 g/mol. The number of benzene rings is 2. The van der Waals surface area contributed by atoms with E-state index in [1.165, 1.54) is 44.6 Å². The van der Waals surface area contributed by atoms with E-state index in [1.54, 1.807) is 17.0 Å². The van der Waals surface area contributed by atoms with Crippen LogP contribution in [0.25, 0.3) is 0 Å². The van der Waals surface area contributed by atoms with E-state index >= 15 is 0 Å². The van der Waals surface area contributed by atoms with Gasteiger partial charge < -0.3 is 19.1 Å². The number of carbonyl (C=O) groups excluding carboxylic acids is 3. The zero-order chi connectivity index (χ0) is 24.8. The van der Waals surface area contributed by atoms with E-state index in [0.717, 1.165) is 5.56 Å². The van der Waals surface area contributed by atoms with Crippen molar-refractivity contribution in [2.24, 2.45) is 0 Å². The van der Waals surface area contributed by atoms with Crippen molar-refractivity contribution in [2.75, 3.05) is 33.9 Å². The third-order valence-corrected chi connectivity index (χ3v) is 5.85. The summed E-state index contributed by atoms with van der Waals surface area (Å²) in [7, 11) is 2.46. The Morgan fingerprint density at radius 3 is 2.06 bits per heavy atom. The van der Waals surface area contributed by atoms with Crippen LogP contribution in [-0.2, 0) is 20.8 Å². The van der Waals surface area contributed by atoms with Crippen LogP contribution in [0.4, 0.5) is 4.39 Å². The van der Waals surface area contributed by atoms with E-state index in [1.807, 2.05) is 13.8 Å². The van der Waals surface area contributed by atoms with Crippen molar-refractivity contribution in [3.05, 3.63) is 65.0 Å². The first kappa shape index (κ1) is 25.2. The average Bonchev–Trinajstić information content (AvgIpc) is 2.84. The third-order valence-electron chi connectivity index (χ3n) is 5.85. The van der Waals surface area contributed by atoms with Gasteiger partial charge in [-0.05, 0) is 49.7 Å². The van der Waals surface area contributed by atoms with Crippen LogP contribution in [0.1, 0.15) is 40.1 Å². The van der Waals surface area contributed by atoms with Gasteiger partial charge in [0, 0.05) is 31.7 Å². The molecular weight excluding hydrogens is 443 g/mol. The van der Waals surface area contributed by atoms with E-state index in [2.05, 4.69) is 4.90 Å². The number of carbonyl (C=O) groups is 3. The second kappa shape index (κ2) is 11.1. The largest absolute Gasteiger partial charge is 0.484 e. The topological polar surface area (TPSA) is 85.4 Å². The van der Waals surface area contributed by atoms with Crippen LogP contribution >= 0.6 is 0 Å². The van der Waals surface area contributed by atoms with Crippen molar-refractivity contribution in [3.8, 4) is 5.75 Å². The number of hydrogen-bond acceptors (Lipinski definition) is 7. The van der Waals surface area contributed by atoms with E-state index < -0.39 is 11.9 Å². The lowest BCUT2D eigenvalue weighted by Gasteiger charge is -2.44. The summed E-state index contributed by atoms with van der Waals surface area (Å²) in [4.78, 5) is 40.8. The number of esters is 2. The molecule has 2 aromatic rings. The van der Waals surface area contributed by atoms with Gasteiger partial charge in [-0.1, -0.05) is 12.1 Å². The fourth-order valence-electron chi connectivity index (χ4n) is 3.97. The first-order valence-corrected chi connectivity index (χ1v) is 10.9. The second-order valence-electron chi connectivity index (χ2n) is 8.32. The molecule has 1 aliphatic rings. The lowest BCUT2D eigenvalue weighted by Crippen LogP contribution is -2.58. The molecule has 0 spiro atoms. The molecule has 0 bridgehead atoms. The Kier molecular flexibility index (Phi) is 8.22. The SMILES string of the molecule is COC(=O)c1cc(OCC(=O)N2CC(C)N(Cc3ccc(F)cc3)CC2C)cc(C(=O)OC)c1. The zero-order valence-corrected chi connectivity index (χ0v) is 19.7. The van der Waals surface area contributed by atoms with Gasteiger partial charge in [0.05, 0.1) is 25.3 Å². The van der Waals surface area contributed by atoms with E-state index in [9.17, 15) is 18.8 Å². The summed E-state index contributed by atoms with van der Waals surface area (Å²) in [5.74, 6) is -1.56. The fourth-order valence-corrected chi connectivity index (χ4v) is 3.97. The Balaban J connectivity index is 1.64. The highest BCUT2D eigenvalue weighted by Crippen LogP contribution is 2.21. The highest BCUT2D eigenvalue weighted by molar-refractivity contribution is 5.96. The normalized spacial score (nSPS) is 18.3. The van der Waals surface area contributed by atoms with Crippen LogP contribution in [0.5, 0.6) is 5.75 Å². The maximum atomic E-state index is 13.2. The van der Waals surface area contributed by atoms with Crippen LogP contribution in [0.3, 0.4) is 0 Å². The molecular formula is C25H29FN2O6. The van der Waals surface area contributed by atoms with Crippen LogP contribution in [0.15, 0.2) is 42.5 Å². The van der Waals surface area contributed by atoms with Gasteiger partial charge in [-0.25, -0.2) is 14.0 Å². The number of ether oxygens (including phenoxy) is 3. The zero-order valence-electron chi connectivity index (χ0n) is 19.7. The minimum Gasteiger partial charge on any atom is -0.484 e. The van der Waals surface area contributed by atoms with Gasteiger partial charge in [0.15, 0.2) is 6.61 Å². The molecule has 0 radical (unpaired) electrons. The number of halogens is 1. The first-order chi connectivity index (χ1) is 16.2. The molecule has 1 aliphatic heterocycles. The van der Waals surface area contributed by atoms with Gasteiger partial charge in [-0.3, -0.25) is 9.69 Å². The number of piperazine rings is 1. The molecule has 182 valence electrons. The molecule has 8 nitrogen and oxygen atoms in total. The summed E-state index contributed by atoms with van der Waals surface area (Å²) < 4.78 is 28.3. The number of hydrogen-bond donors (Lipinski definition) is 0. The third kappa shape index (κ3) is 6.11. The minimum atomic E-state index is -0.637. The lowest BCUT2D eigenvalue weighted by molar-refractivity contribution is -0.139. The van der Waals surface area contributed by atoms with Crippen LogP contribution in [0.2, 0.25) is 0 Å². The fraction of sp³-hybridized carbons (Fsp3) is 0.400. The number of methoxy groups -OCH3 is 2. The van der Waals surface area contributed by atoms with Gasteiger partial charge >= 0.3 is 11.9 Å². The van der Waals surface area contributed by atoms with E-state index in [0.29, 0.717) is 19.6 Å². The number of nitrogens with zero attached hydrogens (tertiary/aromatic N) is 2. The molecule has 34 heavy (non-hydrogen) atoms. The maximum Gasteiger partial charge on any atom is 0.338 e. The lowest BCUT2D eigenvalue weighted by atomic mass is 10.1. The summed E-state index contributed by atoms with van der Waals surface area (Å²) in [6.45, 7) is 5.60. The van der Waals surface area contributed by atoms with Gasteiger partial charge in [0.1, 0.15) is 11.6 Å². The van der Waals surface area contributed by atoms with Gasteiger partial charge in [0.25, 0.3) is 5.91 Å². The Bertz CT molecular complexity index is 1010. The second-order valence-corrected chi connectivity index (χ2v) is 8.32. The molecule has 0 N–H and O–H groups in total. The predicted octanol–water partition coefficient (Wildman–Crippen LogP) is 2.90. The Hall–Kier alpha value is -3.46. The molecule has 1 fully saturated rings. The highest BCUT2D eigenvalue weighted by Gasteiger charge is 2.32. The Morgan fingerprint density at radius 2 is 1.50 bits per heavy atom. The molecule has 0 aliphatic carbocycles. The molecule has 3 rings (SSSR count). The molecule has 2 unspecified atom stereocenters. The number of amides is 1.